The number of nitrogens with one attached hydrogen (secondary N) is 1. The number of hydrogen-bond acceptors (Lipinski definition) is 4. The minimum atomic E-state index is -4.58. The zero-order chi connectivity index (χ0) is 18.2. The molecule has 0 aromatic heterocycles. The molecule has 128 valence electrons. The van der Waals surface area contributed by atoms with Gasteiger partial charge in [-0.2, -0.15) is 13.2 Å². The molecule has 0 radical (unpaired) electrons. The van der Waals surface area contributed by atoms with Crippen molar-refractivity contribution in [1.29, 1.82) is 0 Å². The minimum Gasteiger partial charge on any atom is -0.310 e. The summed E-state index contributed by atoms with van der Waals surface area (Å²) in [6.45, 7) is 0. The number of nitrogens with zero attached hydrogens (tertiary/aromatic N) is 1. The first-order valence-corrected chi connectivity index (χ1v) is 6.91. The van der Waals surface area contributed by atoms with E-state index in [1.165, 1.54) is 30.3 Å². The van der Waals surface area contributed by atoms with Gasteiger partial charge in [0.1, 0.15) is 0 Å². The van der Waals surface area contributed by atoms with Crippen LogP contribution in [-0.4, -0.2) is 23.0 Å². The highest BCUT2D eigenvalue weighted by atomic mass is 19.4. The molecule has 0 bridgehead atoms. The molecule has 2 aromatic carbocycles. The first kappa shape index (κ1) is 16.5. The molecular weight excluding hydrogens is 341 g/mol. The molecule has 0 fully saturated rings. The van der Waals surface area contributed by atoms with Gasteiger partial charge in [0.2, 0.25) is 0 Å². The average molecular weight is 350 g/mol. The van der Waals surface area contributed by atoms with Crippen LogP contribution in [0.15, 0.2) is 48.5 Å². The molecule has 6 nitrogen and oxygen atoms in total. The second kappa shape index (κ2) is 5.93. The van der Waals surface area contributed by atoms with Crippen molar-refractivity contribution < 1.29 is 32.4 Å². The van der Waals surface area contributed by atoms with Crippen molar-refractivity contribution in [2.75, 3.05) is 5.32 Å². The normalized spacial score (nSPS) is 13.6. The van der Waals surface area contributed by atoms with Crippen LogP contribution in [0.4, 0.5) is 23.7 Å². The van der Waals surface area contributed by atoms with Crippen LogP contribution >= 0.6 is 0 Å². The van der Waals surface area contributed by atoms with Crippen molar-refractivity contribution in [2.45, 2.75) is 6.18 Å². The minimum absolute atomic E-state index is 0.0689. The Morgan fingerprint density at radius 3 is 2.12 bits per heavy atom. The van der Waals surface area contributed by atoms with Crippen molar-refractivity contribution in [3.05, 3.63) is 65.2 Å². The summed E-state index contributed by atoms with van der Waals surface area (Å²) in [5.41, 5.74) is -1.03. The van der Waals surface area contributed by atoms with Crippen LogP contribution in [0.5, 0.6) is 0 Å². The van der Waals surface area contributed by atoms with E-state index in [4.69, 9.17) is 0 Å². The van der Waals surface area contributed by atoms with Crippen LogP contribution in [0, 0.1) is 0 Å². The van der Waals surface area contributed by atoms with Crippen LogP contribution in [-0.2, 0) is 11.0 Å². The first-order valence-electron chi connectivity index (χ1n) is 6.91. The van der Waals surface area contributed by atoms with E-state index in [1.54, 1.807) is 0 Å². The topological polar surface area (TPSA) is 75.7 Å². The van der Waals surface area contributed by atoms with Crippen molar-refractivity contribution in [3.8, 4) is 0 Å². The summed E-state index contributed by atoms with van der Waals surface area (Å²) in [6, 6.07) is 9.70. The van der Waals surface area contributed by atoms with Gasteiger partial charge >= 0.3 is 12.3 Å². The molecule has 9 heteroatoms. The van der Waals surface area contributed by atoms with Gasteiger partial charge in [0, 0.05) is 5.69 Å². The maximum Gasteiger partial charge on any atom is 0.436 e. The summed E-state index contributed by atoms with van der Waals surface area (Å²) in [7, 11) is 0. The predicted molar refractivity (Wildman–Crippen MR) is 78.5 cm³/mol. The molecule has 1 aliphatic heterocycles. The molecule has 2 aromatic rings. The van der Waals surface area contributed by atoms with Crippen LogP contribution in [0.3, 0.4) is 0 Å². The van der Waals surface area contributed by atoms with Crippen LogP contribution in [0.25, 0.3) is 0 Å². The second-order valence-corrected chi connectivity index (χ2v) is 5.03. The highest BCUT2D eigenvalue weighted by Crippen LogP contribution is 2.30. The van der Waals surface area contributed by atoms with Crippen molar-refractivity contribution in [2.24, 2.45) is 0 Å². The molecule has 25 heavy (non-hydrogen) atoms. The van der Waals surface area contributed by atoms with Gasteiger partial charge in [-0.25, -0.2) is 4.79 Å². The van der Waals surface area contributed by atoms with Crippen molar-refractivity contribution in [3.63, 3.8) is 0 Å². The number of amides is 3. The Morgan fingerprint density at radius 1 is 0.960 bits per heavy atom. The zero-order valence-corrected chi connectivity index (χ0v) is 12.3. The molecular formula is C16H9F3N2O4. The maximum absolute atomic E-state index is 12.6. The van der Waals surface area contributed by atoms with E-state index in [0.717, 1.165) is 12.1 Å². The molecule has 0 unspecified atom stereocenters. The lowest BCUT2D eigenvalue weighted by molar-refractivity contribution is -0.137. The number of halogens is 3. The van der Waals surface area contributed by atoms with Crippen molar-refractivity contribution >= 4 is 23.6 Å². The van der Waals surface area contributed by atoms with Gasteiger partial charge in [-0.15, -0.1) is 0 Å². The Morgan fingerprint density at radius 2 is 1.56 bits per heavy atom. The highest BCUT2D eigenvalue weighted by molar-refractivity contribution is 6.21. The van der Waals surface area contributed by atoms with E-state index in [9.17, 15) is 27.6 Å². The molecule has 0 atom stereocenters. The van der Waals surface area contributed by atoms with Gasteiger partial charge in [0.15, 0.2) is 0 Å². The Bertz CT molecular complexity index is 845. The van der Waals surface area contributed by atoms with Gasteiger partial charge in [-0.05, 0) is 30.3 Å². The number of rotatable bonds is 2. The Hall–Kier alpha value is -3.36. The third kappa shape index (κ3) is 3.16. The van der Waals surface area contributed by atoms with Gasteiger partial charge in [-0.1, -0.05) is 23.3 Å². The van der Waals surface area contributed by atoms with Crippen molar-refractivity contribution in [1.82, 2.24) is 5.06 Å². The molecule has 3 rings (SSSR count). The molecule has 1 aliphatic rings. The number of benzene rings is 2. The van der Waals surface area contributed by atoms with Crippen LogP contribution in [0.2, 0.25) is 0 Å². The fourth-order valence-electron chi connectivity index (χ4n) is 2.25. The number of hydroxylamine groups is 2. The number of carbonyl (C=O) groups is 3. The zero-order valence-electron chi connectivity index (χ0n) is 12.3. The summed E-state index contributed by atoms with van der Waals surface area (Å²) in [5, 5.41) is 2.30. The summed E-state index contributed by atoms with van der Waals surface area (Å²) in [6.07, 6.45) is -5.85. The molecule has 0 saturated carbocycles. The van der Waals surface area contributed by atoms with Gasteiger partial charge in [0.25, 0.3) is 11.8 Å². The fourth-order valence-corrected chi connectivity index (χ4v) is 2.25. The summed E-state index contributed by atoms with van der Waals surface area (Å²) < 4.78 is 37.9. The number of hydrogen-bond donors (Lipinski definition) is 1. The summed E-state index contributed by atoms with van der Waals surface area (Å²) in [5.74, 6) is -1.67. The molecule has 1 N–H and O–H groups in total. The predicted octanol–water partition coefficient (Wildman–Crippen LogP) is 3.47. The molecule has 0 spiro atoms. The number of anilines is 1. The summed E-state index contributed by atoms with van der Waals surface area (Å²) >= 11 is 0. The van der Waals surface area contributed by atoms with Gasteiger partial charge < -0.3 is 4.84 Å². The van der Waals surface area contributed by atoms with Gasteiger partial charge in [-0.3, -0.25) is 14.9 Å². The molecule has 1 heterocycles. The van der Waals surface area contributed by atoms with Gasteiger partial charge in [0.05, 0.1) is 16.7 Å². The summed E-state index contributed by atoms with van der Waals surface area (Å²) in [4.78, 5) is 40.5. The Balaban J connectivity index is 1.72. The largest absolute Gasteiger partial charge is 0.436 e. The van der Waals surface area contributed by atoms with E-state index >= 15 is 0 Å². The highest BCUT2D eigenvalue weighted by Gasteiger charge is 2.38. The Kier molecular flexibility index (Phi) is 3.91. The van der Waals surface area contributed by atoms with E-state index < -0.39 is 29.6 Å². The lowest BCUT2D eigenvalue weighted by Crippen LogP contribution is -2.34. The number of alkyl halides is 3. The average Bonchev–Trinajstić information content (AvgIpc) is 2.80. The monoisotopic (exact) mass is 350 g/mol. The van der Waals surface area contributed by atoms with Crippen LogP contribution in [0.1, 0.15) is 26.3 Å². The quantitative estimate of drug-likeness (QED) is 0.842. The van der Waals surface area contributed by atoms with E-state index in [1.807, 2.05) is 5.32 Å². The number of carbonyl (C=O) groups excluding carboxylic acids is 3. The van der Waals surface area contributed by atoms with E-state index in [-0.39, 0.29) is 21.9 Å². The second-order valence-electron chi connectivity index (χ2n) is 5.03. The maximum atomic E-state index is 12.6. The molecule has 0 aliphatic carbocycles. The lowest BCUT2D eigenvalue weighted by Gasteiger charge is -2.14. The third-order valence-corrected chi connectivity index (χ3v) is 3.37. The molecule has 0 saturated heterocycles. The molecule has 3 amide bonds. The number of imide groups is 1. The lowest BCUT2D eigenvalue weighted by atomic mass is 10.1. The standard InChI is InChI=1S/C16H9F3N2O4/c17-16(18,19)9-4-3-5-10(8-9)20-15(24)25-21-13(22)11-6-1-2-7-12(11)14(21)23/h1-8H,(H,20,24). The van der Waals surface area contributed by atoms with E-state index in [0.29, 0.717) is 6.07 Å². The fraction of sp³-hybridized carbons (Fsp3) is 0.0625. The smallest absolute Gasteiger partial charge is 0.310 e. The third-order valence-electron chi connectivity index (χ3n) is 3.37. The SMILES string of the molecule is O=C(Nc1cccc(C(F)(F)F)c1)ON1C(=O)c2ccccc2C1=O. The Labute approximate surface area is 138 Å². The van der Waals surface area contributed by atoms with E-state index in [2.05, 4.69) is 4.84 Å². The number of fused-ring (bicyclic) bond motifs is 1. The van der Waals surface area contributed by atoms with Crippen LogP contribution < -0.4 is 5.32 Å². The first-order chi connectivity index (χ1) is 11.8.